The number of ether oxygens (including phenoxy) is 1. The fourth-order valence-electron chi connectivity index (χ4n) is 1.85. The molecule has 4 nitrogen and oxygen atoms in total. The van der Waals surface area contributed by atoms with Crippen LogP contribution in [0.15, 0.2) is 0 Å². The van der Waals surface area contributed by atoms with E-state index in [1.165, 1.54) is 0 Å². The van der Waals surface area contributed by atoms with Crippen LogP contribution in [0, 0.1) is 0 Å². The molecule has 0 spiro atoms. The summed E-state index contributed by atoms with van der Waals surface area (Å²) in [7, 11) is 1.68. The maximum atomic E-state index is 11.9. The first-order valence-corrected chi connectivity index (χ1v) is 5.53. The standard InChI is InChI=1S/C11H22N2O2/c1-6-9-12-8(2)10(14)13(9)7-11(3,4)15-5/h8-9,12H,6-7H2,1-5H3. The van der Waals surface area contributed by atoms with E-state index in [4.69, 9.17) is 4.74 Å². The molecule has 0 radical (unpaired) electrons. The van der Waals surface area contributed by atoms with Crippen molar-refractivity contribution >= 4 is 5.91 Å². The second-order valence-corrected chi connectivity index (χ2v) is 4.74. The molecule has 1 saturated heterocycles. The van der Waals surface area contributed by atoms with Crippen molar-refractivity contribution in [1.82, 2.24) is 10.2 Å². The Morgan fingerprint density at radius 3 is 2.60 bits per heavy atom. The number of hydrogen-bond donors (Lipinski definition) is 1. The largest absolute Gasteiger partial charge is 0.377 e. The molecule has 1 heterocycles. The number of methoxy groups -OCH3 is 1. The van der Waals surface area contributed by atoms with Crippen LogP contribution in [-0.4, -0.2) is 42.3 Å². The molecule has 2 unspecified atom stereocenters. The second kappa shape index (κ2) is 4.49. The SMILES string of the molecule is CCC1NC(C)C(=O)N1CC(C)(C)OC. The number of carbonyl (C=O) groups excluding carboxylic acids is 1. The average molecular weight is 214 g/mol. The lowest BCUT2D eigenvalue weighted by molar-refractivity contribution is -0.133. The van der Waals surface area contributed by atoms with Crippen molar-refractivity contribution in [3.8, 4) is 0 Å². The summed E-state index contributed by atoms with van der Waals surface area (Å²) in [6.45, 7) is 8.62. The third kappa shape index (κ3) is 2.69. The van der Waals surface area contributed by atoms with Crippen molar-refractivity contribution < 1.29 is 9.53 Å². The van der Waals surface area contributed by atoms with Gasteiger partial charge in [0, 0.05) is 7.11 Å². The molecular weight excluding hydrogens is 192 g/mol. The van der Waals surface area contributed by atoms with Gasteiger partial charge in [0.05, 0.1) is 24.4 Å². The van der Waals surface area contributed by atoms with E-state index in [0.717, 1.165) is 6.42 Å². The van der Waals surface area contributed by atoms with E-state index in [-0.39, 0.29) is 23.7 Å². The summed E-state index contributed by atoms with van der Waals surface area (Å²) in [6, 6.07) is -0.0670. The van der Waals surface area contributed by atoms with E-state index >= 15 is 0 Å². The summed E-state index contributed by atoms with van der Waals surface area (Å²) in [5, 5.41) is 3.27. The number of rotatable bonds is 4. The van der Waals surface area contributed by atoms with Gasteiger partial charge in [-0.15, -0.1) is 0 Å². The van der Waals surface area contributed by atoms with Crippen LogP contribution in [0.3, 0.4) is 0 Å². The first kappa shape index (κ1) is 12.5. The average Bonchev–Trinajstić information content (AvgIpc) is 2.45. The first-order chi connectivity index (χ1) is 6.91. The molecule has 1 rings (SSSR count). The topological polar surface area (TPSA) is 41.6 Å². The summed E-state index contributed by atoms with van der Waals surface area (Å²) < 4.78 is 5.35. The Hall–Kier alpha value is -0.610. The molecule has 1 aliphatic rings. The highest BCUT2D eigenvalue weighted by Gasteiger charge is 2.37. The Balaban J connectivity index is 2.70. The van der Waals surface area contributed by atoms with E-state index in [2.05, 4.69) is 12.2 Å². The fraction of sp³-hybridized carbons (Fsp3) is 0.909. The van der Waals surface area contributed by atoms with E-state index < -0.39 is 0 Å². The molecule has 1 aliphatic heterocycles. The van der Waals surface area contributed by atoms with Crippen LogP contribution in [0.25, 0.3) is 0 Å². The highest BCUT2D eigenvalue weighted by atomic mass is 16.5. The van der Waals surface area contributed by atoms with Gasteiger partial charge in [-0.2, -0.15) is 0 Å². The zero-order chi connectivity index (χ0) is 11.6. The molecule has 4 heteroatoms. The monoisotopic (exact) mass is 214 g/mol. The van der Waals surface area contributed by atoms with Crippen molar-refractivity contribution in [3.05, 3.63) is 0 Å². The van der Waals surface area contributed by atoms with Crippen LogP contribution in [-0.2, 0) is 9.53 Å². The van der Waals surface area contributed by atoms with Gasteiger partial charge in [-0.05, 0) is 27.2 Å². The molecule has 0 bridgehead atoms. The van der Waals surface area contributed by atoms with Crippen molar-refractivity contribution in [3.63, 3.8) is 0 Å². The minimum Gasteiger partial charge on any atom is -0.377 e. The third-order valence-electron chi connectivity index (χ3n) is 2.96. The lowest BCUT2D eigenvalue weighted by Gasteiger charge is -2.32. The van der Waals surface area contributed by atoms with Gasteiger partial charge in [-0.25, -0.2) is 0 Å². The molecule has 1 N–H and O–H groups in total. The zero-order valence-corrected chi connectivity index (χ0v) is 10.3. The minimum absolute atomic E-state index is 0.0670. The maximum absolute atomic E-state index is 11.9. The predicted octanol–water partition coefficient (Wildman–Crippen LogP) is 0.968. The quantitative estimate of drug-likeness (QED) is 0.758. The van der Waals surface area contributed by atoms with E-state index in [1.807, 2.05) is 25.7 Å². The van der Waals surface area contributed by atoms with Gasteiger partial charge in [0.2, 0.25) is 5.91 Å². The Labute approximate surface area is 92.0 Å². The summed E-state index contributed by atoms with van der Waals surface area (Å²) in [4.78, 5) is 13.8. The molecule has 0 aromatic rings. The van der Waals surface area contributed by atoms with Crippen LogP contribution in [0.5, 0.6) is 0 Å². The Bertz CT molecular complexity index is 241. The fourth-order valence-corrected chi connectivity index (χ4v) is 1.85. The smallest absolute Gasteiger partial charge is 0.240 e. The lowest BCUT2D eigenvalue weighted by Crippen LogP contribution is -2.46. The van der Waals surface area contributed by atoms with Crippen molar-refractivity contribution in [2.45, 2.75) is 51.9 Å². The number of nitrogens with zero attached hydrogens (tertiary/aromatic N) is 1. The van der Waals surface area contributed by atoms with Crippen molar-refractivity contribution in [1.29, 1.82) is 0 Å². The molecule has 2 atom stereocenters. The van der Waals surface area contributed by atoms with Crippen molar-refractivity contribution in [2.75, 3.05) is 13.7 Å². The zero-order valence-electron chi connectivity index (χ0n) is 10.3. The molecule has 0 saturated carbocycles. The van der Waals surface area contributed by atoms with Gasteiger partial charge in [0.25, 0.3) is 0 Å². The molecule has 0 aromatic carbocycles. The summed E-state index contributed by atoms with van der Waals surface area (Å²) in [5.41, 5.74) is -0.283. The maximum Gasteiger partial charge on any atom is 0.240 e. The van der Waals surface area contributed by atoms with Crippen LogP contribution < -0.4 is 5.32 Å². The van der Waals surface area contributed by atoms with E-state index in [1.54, 1.807) is 7.11 Å². The van der Waals surface area contributed by atoms with Gasteiger partial charge in [0.15, 0.2) is 0 Å². The number of carbonyl (C=O) groups is 1. The van der Waals surface area contributed by atoms with Crippen LogP contribution >= 0.6 is 0 Å². The van der Waals surface area contributed by atoms with Gasteiger partial charge in [0.1, 0.15) is 0 Å². The number of amides is 1. The van der Waals surface area contributed by atoms with Gasteiger partial charge < -0.3 is 9.64 Å². The molecule has 1 amide bonds. The molecular formula is C11H22N2O2. The molecule has 1 fully saturated rings. The highest BCUT2D eigenvalue weighted by molar-refractivity contribution is 5.83. The summed E-state index contributed by atoms with van der Waals surface area (Å²) >= 11 is 0. The Kier molecular flexibility index (Phi) is 3.73. The number of nitrogens with one attached hydrogen (secondary N) is 1. The second-order valence-electron chi connectivity index (χ2n) is 4.74. The van der Waals surface area contributed by atoms with E-state index in [0.29, 0.717) is 6.54 Å². The molecule has 0 aliphatic carbocycles. The Morgan fingerprint density at radius 1 is 1.53 bits per heavy atom. The van der Waals surface area contributed by atoms with E-state index in [9.17, 15) is 4.79 Å². The minimum atomic E-state index is -0.283. The van der Waals surface area contributed by atoms with Crippen LogP contribution in [0.1, 0.15) is 34.1 Å². The van der Waals surface area contributed by atoms with Gasteiger partial charge >= 0.3 is 0 Å². The normalized spacial score (nSPS) is 27.5. The predicted molar refractivity (Wildman–Crippen MR) is 59.5 cm³/mol. The molecule has 0 aromatic heterocycles. The molecule has 15 heavy (non-hydrogen) atoms. The van der Waals surface area contributed by atoms with Gasteiger partial charge in [-0.3, -0.25) is 10.1 Å². The van der Waals surface area contributed by atoms with Crippen molar-refractivity contribution in [2.24, 2.45) is 0 Å². The van der Waals surface area contributed by atoms with Crippen LogP contribution in [0.4, 0.5) is 0 Å². The third-order valence-corrected chi connectivity index (χ3v) is 2.96. The summed E-state index contributed by atoms with van der Waals surface area (Å²) in [6.07, 6.45) is 1.08. The number of hydrogen-bond acceptors (Lipinski definition) is 3. The lowest BCUT2D eigenvalue weighted by atomic mass is 10.1. The highest BCUT2D eigenvalue weighted by Crippen LogP contribution is 2.18. The summed E-state index contributed by atoms with van der Waals surface area (Å²) in [5.74, 6) is 0.173. The first-order valence-electron chi connectivity index (χ1n) is 5.53. The Morgan fingerprint density at radius 2 is 2.13 bits per heavy atom. The van der Waals surface area contributed by atoms with Crippen LogP contribution in [0.2, 0.25) is 0 Å². The van der Waals surface area contributed by atoms with Gasteiger partial charge in [-0.1, -0.05) is 6.92 Å². The molecule has 88 valence electrons.